The van der Waals surface area contributed by atoms with Crippen LogP contribution >= 0.6 is 22.7 Å². The maximum atomic E-state index is 12.3. The molecule has 7 nitrogen and oxygen atoms in total. The number of hydrogen-bond acceptors (Lipinski definition) is 6. The molecule has 0 aliphatic rings. The molecule has 1 unspecified atom stereocenters. The second kappa shape index (κ2) is 8.99. The Bertz CT molecular complexity index is 949. The molecule has 1 atom stereocenters. The average Bonchev–Trinajstić information content (AvgIpc) is 3.41. The second-order valence-electron chi connectivity index (χ2n) is 6.24. The van der Waals surface area contributed by atoms with Crippen molar-refractivity contribution in [1.29, 1.82) is 0 Å². The van der Waals surface area contributed by atoms with E-state index in [9.17, 15) is 19.5 Å². The number of hydrogen-bond donors (Lipinski definition) is 4. The summed E-state index contributed by atoms with van der Waals surface area (Å²) in [5, 5.41) is 24.3. The molecule has 2 heterocycles. The molecule has 0 saturated carbocycles. The maximum absolute atomic E-state index is 12.3. The van der Waals surface area contributed by atoms with E-state index >= 15 is 0 Å². The van der Waals surface area contributed by atoms with Gasteiger partial charge in [0.05, 0.1) is 6.54 Å². The molecule has 2 aromatic heterocycles. The number of aliphatic hydroxyl groups is 1. The van der Waals surface area contributed by atoms with Crippen LogP contribution in [0.3, 0.4) is 0 Å². The highest BCUT2D eigenvalue weighted by Crippen LogP contribution is 2.33. The number of benzene rings is 1. The molecule has 0 spiro atoms. The summed E-state index contributed by atoms with van der Waals surface area (Å²) in [4.78, 5) is 36.2. The molecule has 3 amide bonds. The van der Waals surface area contributed by atoms with Crippen LogP contribution in [0.2, 0.25) is 0 Å². The maximum Gasteiger partial charge on any atom is 0.313 e. The number of anilines is 2. The van der Waals surface area contributed by atoms with Gasteiger partial charge in [-0.1, -0.05) is 6.07 Å². The summed E-state index contributed by atoms with van der Waals surface area (Å²) < 4.78 is 0. The van der Waals surface area contributed by atoms with Gasteiger partial charge in [-0.05, 0) is 52.5 Å². The first-order valence-electron chi connectivity index (χ1n) is 8.64. The molecule has 3 rings (SSSR count). The van der Waals surface area contributed by atoms with Crippen molar-refractivity contribution >= 4 is 51.8 Å². The SMILES string of the molecule is CC(=O)Nc1ccc(NC(=O)C(=O)NCC(O)(c2ccsc2)c2cccs2)cc1. The van der Waals surface area contributed by atoms with Crippen molar-refractivity contribution in [2.75, 3.05) is 17.2 Å². The quantitative estimate of drug-likeness (QED) is 0.452. The van der Waals surface area contributed by atoms with E-state index in [0.29, 0.717) is 21.8 Å². The highest BCUT2D eigenvalue weighted by atomic mass is 32.1. The fourth-order valence-electron chi connectivity index (χ4n) is 2.66. The van der Waals surface area contributed by atoms with Gasteiger partial charge in [-0.15, -0.1) is 11.3 Å². The van der Waals surface area contributed by atoms with Gasteiger partial charge in [0.25, 0.3) is 0 Å². The van der Waals surface area contributed by atoms with E-state index in [-0.39, 0.29) is 12.5 Å². The molecule has 1 aromatic carbocycles. The zero-order valence-electron chi connectivity index (χ0n) is 15.5. The van der Waals surface area contributed by atoms with Gasteiger partial charge in [-0.3, -0.25) is 14.4 Å². The minimum atomic E-state index is -1.41. The summed E-state index contributed by atoms with van der Waals surface area (Å²) in [6, 6.07) is 11.8. The molecule has 0 radical (unpaired) electrons. The van der Waals surface area contributed by atoms with Gasteiger partial charge in [0.1, 0.15) is 5.60 Å². The van der Waals surface area contributed by atoms with E-state index in [2.05, 4.69) is 16.0 Å². The summed E-state index contributed by atoms with van der Waals surface area (Å²) in [5.74, 6) is -1.91. The standard InChI is InChI=1S/C20H19N3O4S2/c1-13(24)22-15-4-6-16(7-5-15)23-19(26)18(25)21-12-20(27,14-8-10-28-11-14)17-3-2-9-29-17/h2-11,27H,12H2,1H3,(H,21,25)(H,22,24)(H,23,26). The average molecular weight is 430 g/mol. The van der Waals surface area contributed by atoms with Gasteiger partial charge in [0.2, 0.25) is 5.91 Å². The number of carbonyl (C=O) groups excluding carboxylic acids is 3. The highest BCUT2D eigenvalue weighted by molar-refractivity contribution is 7.10. The van der Waals surface area contributed by atoms with Crippen LogP contribution < -0.4 is 16.0 Å². The molecule has 0 aliphatic carbocycles. The van der Waals surface area contributed by atoms with Crippen molar-refractivity contribution in [3.05, 3.63) is 69.0 Å². The molecule has 3 aromatic rings. The van der Waals surface area contributed by atoms with E-state index in [0.717, 1.165) is 0 Å². The smallest absolute Gasteiger partial charge is 0.313 e. The summed E-state index contributed by atoms with van der Waals surface area (Å²) >= 11 is 2.81. The predicted molar refractivity (Wildman–Crippen MR) is 114 cm³/mol. The van der Waals surface area contributed by atoms with E-state index in [1.165, 1.54) is 29.6 Å². The van der Waals surface area contributed by atoms with Crippen LogP contribution in [-0.2, 0) is 20.0 Å². The summed E-state index contributed by atoms with van der Waals surface area (Å²) in [6.07, 6.45) is 0. The summed E-state index contributed by atoms with van der Waals surface area (Å²) in [7, 11) is 0. The molecule has 9 heteroatoms. The molecule has 4 N–H and O–H groups in total. The first-order chi connectivity index (χ1) is 13.9. The van der Waals surface area contributed by atoms with Crippen LogP contribution in [0, 0.1) is 0 Å². The Hall–Kier alpha value is -3.01. The molecule has 150 valence electrons. The zero-order chi connectivity index (χ0) is 20.9. The number of carbonyl (C=O) groups is 3. The second-order valence-corrected chi connectivity index (χ2v) is 7.97. The highest BCUT2D eigenvalue weighted by Gasteiger charge is 2.34. The summed E-state index contributed by atoms with van der Waals surface area (Å²) in [5.41, 5.74) is 0.228. The van der Waals surface area contributed by atoms with Crippen molar-refractivity contribution in [3.8, 4) is 0 Å². The molecule has 29 heavy (non-hydrogen) atoms. The normalized spacial score (nSPS) is 12.6. The zero-order valence-corrected chi connectivity index (χ0v) is 17.1. The van der Waals surface area contributed by atoms with E-state index in [4.69, 9.17) is 0 Å². The van der Waals surface area contributed by atoms with Crippen molar-refractivity contribution in [1.82, 2.24) is 5.32 Å². The minimum Gasteiger partial charge on any atom is -0.378 e. The van der Waals surface area contributed by atoms with Crippen LogP contribution in [0.25, 0.3) is 0 Å². The van der Waals surface area contributed by atoms with Crippen LogP contribution in [0.5, 0.6) is 0 Å². The van der Waals surface area contributed by atoms with Gasteiger partial charge in [0, 0.05) is 28.7 Å². The first-order valence-corrected chi connectivity index (χ1v) is 10.5. The van der Waals surface area contributed by atoms with Crippen molar-refractivity contribution in [2.24, 2.45) is 0 Å². The van der Waals surface area contributed by atoms with Crippen LogP contribution in [-0.4, -0.2) is 29.4 Å². The first kappa shape index (κ1) is 20.7. The lowest BCUT2D eigenvalue weighted by Gasteiger charge is -2.26. The lowest BCUT2D eigenvalue weighted by molar-refractivity contribution is -0.136. The Labute approximate surface area is 175 Å². The monoisotopic (exact) mass is 429 g/mol. The van der Waals surface area contributed by atoms with E-state index in [1.54, 1.807) is 36.4 Å². The van der Waals surface area contributed by atoms with Crippen LogP contribution in [0.1, 0.15) is 17.4 Å². The Balaban J connectivity index is 1.63. The fraction of sp³-hybridized carbons (Fsp3) is 0.150. The van der Waals surface area contributed by atoms with E-state index in [1.807, 2.05) is 22.2 Å². The van der Waals surface area contributed by atoms with Crippen LogP contribution in [0.15, 0.2) is 58.6 Å². The number of rotatable bonds is 6. The fourth-order valence-corrected chi connectivity index (χ4v) is 4.23. The lowest BCUT2D eigenvalue weighted by atomic mass is 9.94. The molecule has 0 aliphatic heterocycles. The lowest BCUT2D eigenvalue weighted by Crippen LogP contribution is -2.44. The van der Waals surface area contributed by atoms with Gasteiger partial charge in [0.15, 0.2) is 0 Å². The predicted octanol–water partition coefficient (Wildman–Crippen LogP) is 2.76. The topological polar surface area (TPSA) is 108 Å². The number of nitrogens with one attached hydrogen (secondary N) is 3. The van der Waals surface area contributed by atoms with E-state index < -0.39 is 17.4 Å². The van der Waals surface area contributed by atoms with Crippen molar-refractivity contribution in [2.45, 2.75) is 12.5 Å². The molecule has 0 fully saturated rings. The molecule has 0 saturated heterocycles. The van der Waals surface area contributed by atoms with Crippen molar-refractivity contribution in [3.63, 3.8) is 0 Å². The van der Waals surface area contributed by atoms with Crippen molar-refractivity contribution < 1.29 is 19.5 Å². The third-order valence-electron chi connectivity index (χ3n) is 4.10. The Morgan fingerprint density at radius 2 is 1.66 bits per heavy atom. The third-order valence-corrected chi connectivity index (χ3v) is 5.81. The number of thiophene rings is 2. The largest absolute Gasteiger partial charge is 0.378 e. The van der Waals surface area contributed by atoms with Gasteiger partial charge in [-0.2, -0.15) is 11.3 Å². The Morgan fingerprint density at radius 3 is 2.21 bits per heavy atom. The Morgan fingerprint density at radius 1 is 0.966 bits per heavy atom. The van der Waals surface area contributed by atoms with Gasteiger partial charge < -0.3 is 21.1 Å². The third kappa shape index (κ3) is 5.08. The van der Waals surface area contributed by atoms with Gasteiger partial charge in [-0.25, -0.2) is 0 Å². The van der Waals surface area contributed by atoms with Crippen LogP contribution in [0.4, 0.5) is 11.4 Å². The molecule has 0 bridgehead atoms. The van der Waals surface area contributed by atoms with Gasteiger partial charge >= 0.3 is 11.8 Å². The molecular weight excluding hydrogens is 410 g/mol. The Kier molecular flexibility index (Phi) is 6.42. The minimum absolute atomic E-state index is 0.141. The number of amides is 3. The molecular formula is C20H19N3O4S2. The summed E-state index contributed by atoms with van der Waals surface area (Å²) in [6.45, 7) is 1.26.